The third-order valence-corrected chi connectivity index (χ3v) is 5.68. The zero-order valence-corrected chi connectivity index (χ0v) is 15.6. The Kier molecular flexibility index (Phi) is 4.63. The van der Waals surface area contributed by atoms with Crippen molar-refractivity contribution in [1.82, 2.24) is 4.90 Å². The number of benzene rings is 2. The lowest BCUT2D eigenvalue weighted by atomic mass is 10.1. The molecule has 2 amide bonds. The Hall–Kier alpha value is -2.04. The number of likely N-dealkylation sites (tertiary alicyclic amines) is 1. The summed E-state index contributed by atoms with van der Waals surface area (Å²) in [7, 11) is 0. The van der Waals surface area contributed by atoms with Crippen LogP contribution in [0.3, 0.4) is 0 Å². The van der Waals surface area contributed by atoms with Crippen LogP contribution in [0, 0.1) is 0 Å². The highest BCUT2D eigenvalue weighted by molar-refractivity contribution is 6.35. The molecular formula is C20H18Cl2N2O2. The summed E-state index contributed by atoms with van der Waals surface area (Å²) < 4.78 is 0. The molecule has 0 spiro atoms. The van der Waals surface area contributed by atoms with Crippen LogP contribution in [-0.4, -0.2) is 35.8 Å². The summed E-state index contributed by atoms with van der Waals surface area (Å²) in [6, 6.07) is 12.3. The molecule has 1 fully saturated rings. The van der Waals surface area contributed by atoms with Gasteiger partial charge in [0.1, 0.15) is 6.04 Å². The number of halogens is 2. The number of carbonyl (C=O) groups excluding carboxylic acids is 2. The van der Waals surface area contributed by atoms with Crippen molar-refractivity contribution in [3.63, 3.8) is 0 Å². The molecule has 0 aliphatic carbocycles. The SMILES string of the molecule is O=C(C1CCCN1C(=O)c1cc(Cl)ccc1Cl)N1CCc2ccccc21. The third kappa shape index (κ3) is 2.97. The van der Waals surface area contributed by atoms with Crippen LogP contribution in [0.15, 0.2) is 42.5 Å². The number of anilines is 1. The minimum absolute atomic E-state index is 0.0149. The first kappa shape index (κ1) is 17.4. The van der Waals surface area contributed by atoms with E-state index in [2.05, 4.69) is 0 Å². The van der Waals surface area contributed by atoms with Crippen LogP contribution in [0.2, 0.25) is 10.0 Å². The van der Waals surface area contributed by atoms with Crippen LogP contribution >= 0.6 is 23.2 Å². The molecule has 2 aromatic rings. The fourth-order valence-electron chi connectivity index (χ4n) is 3.83. The molecular weight excluding hydrogens is 371 g/mol. The highest BCUT2D eigenvalue weighted by Gasteiger charge is 2.39. The van der Waals surface area contributed by atoms with Crippen molar-refractivity contribution in [1.29, 1.82) is 0 Å². The Morgan fingerprint density at radius 3 is 2.69 bits per heavy atom. The predicted molar refractivity (Wildman–Crippen MR) is 103 cm³/mol. The van der Waals surface area contributed by atoms with Crippen molar-refractivity contribution in [2.75, 3.05) is 18.0 Å². The molecule has 2 heterocycles. The third-order valence-electron chi connectivity index (χ3n) is 5.11. The number of para-hydroxylation sites is 1. The summed E-state index contributed by atoms with van der Waals surface area (Å²) in [4.78, 5) is 29.6. The van der Waals surface area contributed by atoms with Crippen molar-refractivity contribution in [2.45, 2.75) is 25.3 Å². The lowest BCUT2D eigenvalue weighted by Gasteiger charge is -2.28. The first-order chi connectivity index (χ1) is 12.6. The van der Waals surface area contributed by atoms with E-state index in [4.69, 9.17) is 23.2 Å². The number of hydrogen-bond acceptors (Lipinski definition) is 2. The first-order valence-corrected chi connectivity index (χ1v) is 9.47. The first-order valence-electron chi connectivity index (χ1n) is 8.71. The molecule has 26 heavy (non-hydrogen) atoms. The Balaban J connectivity index is 1.60. The monoisotopic (exact) mass is 388 g/mol. The van der Waals surface area contributed by atoms with Gasteiger partial charge in [0.05, 0.1) is 10.6 Å². The van der Waals surface area contributed by atoms with Gasteiger partial charge in [0.15, 0.2) is 0 Å². The zero-order chi connectivity index (χ0) is 18.3. The molecule has 1 unspecified atom stereocenters. The lowest BCUT2D eigenvalue weighted by Crippen LogP contribution is -2.47. The Morgan fingerprint density at radius 1 is 1.04 bits per heavy atom. The predicted octanol–water partition coefficient (Wildman–Crippen LogP) is 4.19. The van der Waals surface area contributed by atoms with Crippen LogP contribution in [-0.2, 0) is 11.2 Å². The van der Waals surface area contributed by atoms with Gasteiger partial charge in [0.25, 0.3) is 5.91 Å². The minimum Gasteiger partial charge on any atom is -0.327 e. The molecule has 2 aliphatic heterocycles. The molecule has 6 heteroatoms. The Morgan fingerprint density at radius 2 is 1.85 bits per heavy atom. The number of carbonyl (C=O) groups is 2. The molecule has 2 aromatic carbocycles. The van der Waals surface area contributed by atoms with Gasteiger partial charge in [-0.15, -0.1) is 0 Å². The summed E-state index contributed by atoms with van der Waals surface area (Å²) in [6.07, 6.45) is 2.32. The van der Waals surface area contributed by atoms with Gasteiger partial charge in [-0.3, -0.25) is 9.59 Å². The summed E-state index contributed by atoms with van der Waals surface area (Å²) in [5.74, 6) is -0.250. The van der Waals surface area contributed by atoms with Gasteiger partial charge in [-0.1, -0.05) is 41.4 Å². The highest BCUT2D eigenvalue weighted by Crippen LogP contribution is 2.32. The van der Waals surface area contributed by atoms with E-state index in [1.54, 1.807) is 23.1 Å². The molecule has 1 atom stereocenters. The standard InChI is InChI=1S/C20H18Cl2N2O2/c21-14-7-8-16(22)15(12-14)19(25)23-10-3-6-18(23)20(26)24-11-9-13-4-1-2-5-17(13)24/h1-2,4-5,7-8,12,18H,3,6,9-11H2. The minimum atomic E-state index is -0.455. The number of rotatable bonds is 2. The largest absolute Gasteiger partial charge is 0.327 e. The summed E-state index contributed by atoms with van der Waals surface area (Å²) in [6.45, 7) is 1.21. The molecule has 0 bridgehead atoms. The van der Waals surface area contributed by atoms with Gasteiger partial charge >= 0.3 is 0 Å². The van der Waals surface area contributed by atoms with E-state index in [-0.39, 0.29) is 11.8 Å². The summed E-state index contributed by atoms with van der Waals surface area (Å²) >= 11 is 12.2. The molecule has 2 aliphatic rings. The maximum absolute atomic E-state index is 13.2. The molecule has 4 nitrogen and oxygen atoms in total. The smallest absolute Gasteiger partial charge is 0.256 e. The molecule has 1 saturated heterocycles. The van der Waals surface area contributed by atoms with E-state index >= 15 is 0 Å². The number of nitrogens with zero attached hydrogens (tertiary/aromatic N) is 2. The quantitative estimate of drug-likeness (QED) is 0.773. The second kappa shape index (κ2) is 6.93. The molecule has 134 valence electrons. The Bertz CT molecular complexity index is 884. The Labute approximate surface area is 162 Å². The number of fused-ring (bicyclic) bond motifs is 1. The maximum Gasteiger partial charge on any atom is 0.256 e. The molecule has 4 rings (SSSR count). The number of hydrogen-bond donors (Lipinski definition) is 0. The maximum atomic E-state index is 13.2. The van der Waals surface area contributed by atoms with Crippen molar-refractivity contribution < 1.29 is 9.59 Å². The van der Waals surface area contributed by atoms with Gasteiger partial charge in [-0.2, -0.15) is 0 Å². The molecule has 0 radical (unpaired) electrons. The van der Waals surface area contributed by atoms with Crippen LogP contribution in [0.4, 0.5) is 5.69 Å². The summed E-state index contributed by atoms with van der Waals surface area (Å²) in [5.41, 5.74) is 2.48. The molecule has 0 N–H and O–H groups in total. The van der Waals surface area contributed by atoms with Crippen molar-refractivity contribution in [3.05, 3.63) is 63.6 Å². The van der Waals surface area contributed by atoms with Gasteiger partial charge in [-0.05, 0) is 49.1 Å². The van der Waals surface area contributed by atoms with Gasteiger partial charge in [0.2, 0.25) is 5.91 Å². The lowest BCUT2D eigenvalue weighted by molar-refractivity contribution is -0.122. The average Bonchev–Trinajstić information content (AvgIpc) is 3.29. The van der Waals surface area contributed by atoms with E-state index in [1.807, 2.05) is 29.2 Å². The van der Waals surface area contributed by atoms with E-state index in [1.165, 1.54) is 5.56 Å². The van der Waals surface area contributed by atoms with E-state index in [0.717, 1.165) is 18.5 Å². The van der Waals surface area contributed by atoms with Crippen molar-refractivity contribution in [2.24, 2.45) is 0 Å². The van der Waals surface area contributed by atoms with Crippen LogP contribution in [0.1, 0.15) is 28.8 Å². The summed E-state index contributed by atoms with van der Waals surface area (Å²) in [5, 5.41) is 0.803. The van der Waals surface area contributed by atoms with E-state index in [9.17, 15) is 9.59 Å². The second-order valence-corrected chi connectivity index (χ2v) is 7.49. The zero-order valence-electron chi connectivity index (χ0n) is 14.1. The highest BCUT2D eigenvalue weighted by atomic mass is 35.5. The molecule has 0 saturated carbocycles. The normalized spacial score (nSPS) is 18.9. The fraction of sp³-hybridized carbons (Fsp3) is 0.300. The van der Waals surface area contributed by atoms with Crippen molar-refractivity contribution >= 4 is 40.7 Å². The fourth-order valence-corrected chi connectivity index (χ4v) is 4.20. The van der Waals surface area contributed by atoms with E-state index in [0.29, 0.717) is 35.1 Å². The van der Waals surface area contributed by atoms with Crippen molar-refractivity contribution in [3.8, 4) is 0 Å². The topological polar surface area (TPSA) is 40.6 Å². The molecule has 0 aromatic heterocycles. The van der Waals surface area contributed by atoms with E-state index < -0.39 is 6.04 Å². The van der Waals surface area contributed by atoms with Gasteiger partial charge in [-0.25, -0.2) is 0 Å². The van der Waals surface area contributed by atoms with Crippen LogP contribution < -0.4 is 4.90 Å². The second-order valence-electron chi connectivity index (χ2n) is 6.65. The van der Waals surface area contributed by atoms with Gasteiger partial charge in [0, 0.05) is 23.8 Å². The van der Waals surface area contributed by atoms with Crippen LogP contribution in [0.25, 0.3) is 0 Å². The number of amides is 2. The van der Waals surface area contributed by atoms with Crippen LogP contribution in [0.5, 0.6) is 0 Å². The average molecular weight is 389 g/mol. The van der Waals surface area contributed by atoms with Gasteiger partial charge < -0.3 is 9.80 Å².